The van der Waals surface area contributed by atoms with Crippen molar-refractivity contribution in [2.45, 2.75) is 25.4 Å². The summed E-state index contributed by atoms with van der Waals surface area (Å²) >= 11 is 13.9. The summed E-state index contributed by atoms with van der Waals surface area (Å²) in [5.74, 6) is 1.22. The molecule has 8 heteroatoms. The van der Waals surface area contributed by atoms with Crippen molar-refractivity contribution in [3.63, 3.8) is 0 Å². The van der Waals surface area contributed by atoms with Crippen LogP contribution in [-0.2, 0) is 0 Å². The Kier molecular flexibility index (Phi) is 6.11. The van der Waals surface area contributed by atoms with Gasteiger partial charge >= 0.3 is 0 Å². The summed E-state index contributed by atoms with van der Waals surface area (Å²) < 4.78 is 7.20. The van der Waals surface area contributed by atoms with Gasteiger partial charge in [-0.2, -0.15) is 9.78 Å². The molecule has 118 valence electrons. The van der Waals surface area contributed by atoms with Gasteiger partial charge in [-0.05, 0) is 37.3 Å². The zero-order valence-corrected chi connectivity index (χ0v) is 14.8. The Balaban J connectivity index is 2.26. The van der Waals surface area contributed by atoms with Crippen molar-refractivity contribution in [2.24, 2.45) is 5.10 Å². The topological polar surface area (TPSA) is 52.3 Å². The molecular weight excluding hydrogens is 343 g/mol. The zero-order valence-electron chi connectivity index (χ0n) is 12.5. The fourth-order valence-electron chi connectivity index (χ4n) is 1.72. The van der Waals surface area contributed by atoms with Gasteiger partial charge in [0.2, 0.25) is 5.16 Å². The lowest BCUT2D eigenvalue weighted by atomic mass is 10.2. The number of hydrogen-bond acceptors (Lipinski definition) is 5. The average Bonchev–Trinajstić information content (AvgIpc) is 2.84. The highest BCUT2D eigenvalue weighted by Crippen LogP contribution is 2.34. The lowest BCUT2D eigenvalue weighted by molar-refractivity contribution is 0.318. The van der Waals surface area contributed by atoms with Gasteiger partial charge < -0.3 is 4.74 Å². The first-order valence-electron chi connectivity index (χ1n) is 6.69. The Morgan fingerprint density at radius 3 is 2.59 bits per heavy atom. The summed E-state index contributed by atoms with van der Waals surface area (Å²) in [6.45, 7) is 4.43. The minimum Gasteiger partial charge on any atom is -0.490 e. The van der Waals surface area contributed by atoms with E-state index in [9.17, 15) is 0 Å². The molecule has 0 bridgehead atoms. The molecule has 0 aliphatic rings. The number of halogens is 2. The van der Waals surface area contributed by atoms with Gasteiger partial charge in [-0.25, -0.2) is 0 Å². The SMILES string of the molecule is CCCOc1c(Cl)cc(/C=N\n2c(C)nnc2SC)cc1Cl. The Hall–Kier alpha value is -1.24. The van der Waals surface area contributed by atoms with Crippen LogP contribution in [0.5, 0.6) is 5.75 Å². The van der Waals surface area contributed by atoms with E-state index < -0.39 is 0 Å². The highest BCUT2D eigenvalue weighted by Gasteiger charge is 2.10. The molecule has 0 saturated heterocycles. The molecule has 0 atom stereocenters. The number of benzene rings is 1. The molecule has 1 aromatic carbocycles. The van der Waals surface area contributed by atoms with Gasteiger partial charge in [0.1, 0.15) is 0 Å². The second-order valence-electron chi connectivity index (χ2n) is 4.45. The van der Waals surface area contributed by atoms with Crippen molar-refractivity contribution in [1.82, 2.24) is 14.9 Å². The van der Waals surface area contributed by atoms with E-state index in [0.29, 0.717) is 33.4 Å². The van der Waals surface area contributed by atoms with E-state index in [1.54, 1.807) is 23.0 Å². The van der Waals surface area contributed by atoms with Crippen LogP contribution in [0, 0.1) is 6.92 Å². The van der Waals surface area contributed by atoms with E-state index in [1.165, 1.54) is 11.8 Å². The molecule has 0 amide bonds. The molecule has 0 unspecified atom stereocenters. The van der Waals surface area contributed by atoms with Crippen molar-refractivity contribution >= 4 is 41.2 Å². The standard InChI is InChI=1S/C14H16Cl2N4OS/c1-4-5-21-13-11(15)6-10(7-12(13)16)8-17-20-9(2)18-19-14(20)22-3/h6-8H,4-5H2,1-3H3/b17-8-. The summed E-state index contributed by atoms with van der Waals surface area (Å²) in [7, 11) is 0. The fraction of sp³-hybridized carbons (Fsp3) is 0.357. The third kappa shape index (κ3) is 3.94. The van der Waals surface area contributed by atoms with Crippen LogP contribution >= 0.6 is 35.0 Å². The van der Waals surface area contributed by atoms with Crippen molar-refractivity contribution in [1.29, 1.82) is 0 Å². The maximum Gasteiger partial charge on any atom is 0.211 e. The molecule has 1 aromatic heterocycles. The van der Waals surface area contributed by atoms with Gasteiger partial charge in [0.05, 0.1) is 22.9 Å². The molecule has 0 spiro atoms. The van der Waals surface area contributed by atoms with E-state index in [-0.39, 0.29) is 0 Å². The minimum absolute atomic E-state index is 0.466. The summed E-state index contributed by atoms with van der Waals surface area (Å²) in [6, 6.07) is 3.53. The Morgan fingerprint density at radius 2 is 2.00 bits per heavy atom. The first kappa shape index (κ1) is 17.1. The third-order valence-electron chi connectivity index (χ3n) is 2.74. The van der Waals surface area contributed by atoms with E-state index in [2.05, 4.69) is 15.3 Å². The van der Waals surface area contributed by atoms with E-state index >= 15 is 0 Å². The number of aromatic nitrogens is 3. The number of rotatable bonds is 6. The predicted molar refractivity (Wildman–Crippen MR) is 91.8 cm³/mol. The van der Waals surface area contributed by atoms with Crippen LogP contribution in [-0.4, -0.2) is 34.0 Å². The van der Waals surface area contributed by atoms with Crippen LogP contribution in [0.1, 0.15) is 24.7 Å². The molecule has 0 aliphatic carbocycles. The Bertz CT molecular complexity index is 664. The van der Waals surface area contributed by atoms with Gasteiger partial charge in [-0.3, -0.25) is 0 Å². The molecule has 1 heterocycles. The van der Waals surface area contributed by atoms with Gasteiger partial charge in [-0.1, -0.05) is 41.9 Å². The molecule has 0 radical (unpaired) electrons. The van der Waals surface area contributed by atoms with Crippen LogP contribution in [0.15, 0.2) is 22.4 Å². The summed E-state index contributed by atoms with van der Waals surface area (Å²) in [4.78, 5) is 0. The Labute approximate surface area is 143 Å². The quantitative estimate of drug-likeness (QED) is 0.570. The predicted octanol–water partition coefficient (Wildman–Crippen LogP) is 4.29. The number of nitrogens with zero attached hydrogens (tertiary/aromatic N) is 4. The molecule has 2 rings (SSSR count). The highest BCUT2D eigenvalue weighted by atomic mass is 35.5. The van der Waals surface area contributed by atoms with Gasteiger partial charge in [0, 0.05) is 0 Å². The summed E-state index contributed by atoms with van der Waals surface area (Å²) in [5, 5.41) is 14.0. The Morgan fingerprint density at radius 1 is 1.32 bits per heavy atom. The highest BCUT2D eigenvalue weighted by molar-refractivity contribution is 7.98. The van der Waals surface area contributed by atoms with Crippen LogP contribution in [0.4, 0.5) is 0 Å². The molecule has 0 aliphatic heterocycles. The number of aryl methyl sites for hydroxylation is 1. The first-order chi connectivity index (χ1) is 10.6. The number of thioether (sulfide) groups is 1. The molecule has 2 aromatic rings. The fourth-order valence-corrected chi connectivity index (χ4v) is 2.81. The van der Waals surface area contributed by atoms with Crippen molar-refractivity contribution in [3.8, 4) is 5.75 Å². The van der Waals surface area contributed by atoms with E-state index in [1.807, 2.05) is 20.1 Å². The molecule has 0 fully saturated rings. The smallest absolute Gasteiger partial charge is 0.211 e. The summed E-state index contributed by atoms with van der Waals surface area (Å²) in [6.07, 6.45) is 4.47. The average molecular weight is 359 g/mol. The molecule has 5 nitrogen and oxygen atoms in total. The minimum atomic E-state index is 0.466. The van der Waals surface area contributed by atoms with E-state index in [4.69, 9.17) is 27.9 Å². The lowest BCUT2D eigenvalue weighted by Crippen LogP contribution is -1.98. The monoisotopic (exact) mass is 358 g/mol. The maximum absolute atomic E-state index is 6.21. The van der Waals surface area contributed by atoms with Crippen LogP contribution in [0.25, 0.3) is 0 Å². The van der Waals surface area contributed by atoms with Crippen molar-refractivity contribution < 1.29 is 4.74 Å². The normalized spacial score (nSPS) is 11.3. The molecular formula is C14H16Cl2N4OS. The summed E-state index contributed by atoms with van der Waals surface area (Å²) in [5.41, 5.74) is 0.777. The van der Waals surface area contributed by atoms with Crippen molar-refractivity contribution in [2.75, 3.05) is 12.9 Å². The first-order valence-corrected chi connectivity index (χ1v) is 8.67. The third-order valence-corrected chi connectivity index (χ3v) is 3.93. The van der Waals surface area contributed by atoms with Crippen LogP contribution in [0.3, 0.4) is 0 Å². The van der Waals surface area contributed by atoms with Gasteiger partial charge in [0.15, 0.2) is 11.6 Å². The maximum atomic E-state index is 6.21. The molecule has 0 N–H and O–H groups in total. The molecule has 0 saturated carbocycles. The number of ether oxygens (including phenoxy) is 1. The van der Waals surface area contributed by atoms with Gasteiger partial charge in [-0.15, -0.1) is 10.2 Å². The van der Waals surface area contributed by atoms with Crippen LogP contribution in [0.2, 0.25) is 10.0 Å². The lowest BCUT2D eigenvalue weighted by Gasteiger charge is -2.09. The second-order valence-corrected chi connectivity index (χ2v) is 6.04. The van der Waals surface area contributed by atoms with Gasteiger partial charge in [0.25, 0.3) is 0 Å². The molecule has 22 heavy (non-hydrogen) atoms. The van der Waals surface area contributed by atoms with Crippen molar-refractivity contribution in [3.05, 3.63) is 33.6 Å². The largest absolute Gasteiger partial charge is 0.490 e. The second kappa shape index (κ2) is 7.85. The van der Waals surface area contributed by atoms with E-state index in [0.717, 1.165) is 12.0 Å². The zero-order chi connectivity index (χ0) is 16.1. The number of hydrogen-bond donors (Lipinski definition) is 0. The van der Waals surface area contributed by atoms with Crippen LogP contribution < -0.4 is 4.74 Å².